The SMILES string of the molecule is C#C.C/C=C\C(C)=C\C.C=C/C=C1\C(C)CN(C(=O)C2=CCc3cc(CC(C)=N)ccc3N2)C1C.CBr.CC.CCC(=O)NCCOCCOCCOCCOCCC(N)=O.CCCN(C)C.CNC.COC=O. The van der Waals surface area contributed by atoms with Crippen molar-refractivity contribution in [2.75, 3.05) is 119 Å². The molecule has 6 N–H and O–H groups in total. The molecule has 17 heteroatoms. The molecule has 0 aromatic heterocycles. The molecule has 0 radical (unpaired) electrons. The van der Waals surface area contributed by atoms with Gasteiger partial charge in [-0.05, 0) is 117 Å². The van der Waals surface area contributed by atoms with Crippen LogP contribution in [0.15, 0.2) is 78.1 Å². The van der Waals surface area contributed by atoms with Crippen LogP contribution in [0.25, 0.3) is 0 Å². The minimum absolute atomic E-state index is 0.0237. The molecular formula is C57H102BrN7O9. The summed E-state index contributed by atoms with van der Waals surface area (Å²) in [6.07, 6.45) is 23.4. The van der Waals surface area contributed by atoms with E-state index in [4.69, 9.17) is 34.9 Å². The Morgan fingerprint density at radius 2 is 1.47 bits per heavy atom. The van der Waals surface area contributed by atoms with Gasteiger partial charge < -0.3 is 60.6 Å². The number of alkyl halides is 1. The predicted octanol–water partition coefficient (Wildman–Crippen LogP) is 8.95. The quantitative estimate of drug-likeness (QED) is 0.0164. The van der Waals surface area contributed by atoms with Crippen molar-refractivity contribution in [1.82, 2.24) is 20.4 Å². The molecule has 1 aromatic rings. The number of amides is 3. The zero-order valence-electron chi connectivity index (χ0n) is 48.6. The van der Waals surface area contributed by atoms with Crippen LogP contribution in [0.2, 0.25) is 0 Å². The molecule has 1 aromatic carbocycles. The summed E-state index contributed by atoms with van der Waals surface area (Å²) in [5.41, 5.74) is 12.2. The molecule has 3 amide bonds. The van der Waals surface area contributed by atoms with Gasteiger partial charge in [0, 0.05) is 43.8 Å². The standard InChI is InChI=1S/C22H27N3O.C14H28N2O6.C7H12.C5H13N.C2H7N.C2H4O2.C2H6.C2H2.CH3Br/c1-5-6-19-14(2)13-25(16(19)4)22(26)21-10-8-18-12-17(11-15(3)23)7-9-20(18)24-21;1-2-14(18)16-4-6-20-8-10-22-12-11-21-9-7-19-5-3-13(15)17;1-4-6-7(3)5-2;1-4-5-6(2)3;1-3-2;1-4-2-3;3*1-2/h5-7,9-10,12,14,16,23-24H,1,8,11,13H2,2-4H3;2-12H2,1H3,(H2,15,17)(H,16,18);4-6H,1-3H3;4-5H2,1-3H3;3H,1-2H3;2H,1H3;1-2H3;1-2H;1H3/b19-6+,23-15?;;6-4-,7-5+;;;;;;. The Morgan fingerprint density at radius 3 is 1.86 bits per heavy atom. The zero-order chi connectivity index (χ0) is 58.1. The fourth-order valence-electron chi connectivity index (χ4n) is 6.03. The van der Waals surface area contributed by atoms with E-state index in [1.165, 1.54) is 36.8 Å². The van der Waals surface area contributed by atoms with Gasteiger partial charge in [-0.1, -0.05) is 111 Å². The fraction of sp³-hybridized carbons (Fsp3) is 0.596. The van der Waals surface area contributed by atoms with E-state index in [0.717, 1.165) is 24.2 Å². The van der Waals surface area contributed by atoms with Gasteiger partial charge in [0.15, 0.2) is 0 Å². The van der Waals surface area contributed by atoms with E-state index in [-0.39, 0.29) is 30.2 Å². The lowest BCUT2D eigenvalue weighted by molar-refractivity contribution is -0.127. The van der Waals surface area contributed by atoms with E-state index in [1.54, 1.807) is 13.0 Å². The average Bonchev–Trinajstić information content (AvgIpc) is 3.68. The maximum atomic E-state index is 13.0. The molecule has 2 heterocycles. The van der Waals surface area contributed by atoms with Gasteiger partial charge in [0.05, 0.1) is 66.0 Å². The summed E-state index contributed by atoms with van der Waals surface area (Å²) in [5.74, 6) is 1.88. The molecule has 1 saturated heterocycles. The number of hydrogen-bond acceptors (Lipinski definition) is 13. The number of fused-ring (bicyclic) bond motifs is 1. The first-order chi connectivity index (χ1) is 35.5. The molecule has 426 valence electrons. The summed E-state index contributed by atoms with van der Waals surface area (Å²) in [6, 6.07) is 6.27. The summed E-state index contributed by atoms with van der Waals surface area (Å²) >= 11 is 2.94. The van der Waals surface area contributed by atoms with Gasteiger partial charge in [-0.15, -0.1) is 12.8 Å². The first-order valence-corrected chi connectivity index (χ1v) is 26.9. The molecule has 2 atom stereocenters. The Kier molecular flexibility index (Phi) is 65.9. The number of nitrogens with zero attached hydrogens (tertiary/aromatic N) is 2. The number of benzene rings is 1. The molecule has 0 aliphatic carbocycles. The molecule has 0 spiro atoms. The van der Waals surface area contributed by atoms with Crippen molar-refractivity contribution in [2.24, 2.45) is 11.7 Å². The van der Waals surface area contributed by atoms with E-state index >= 15 is 0 Å². The minimum Gasteiger partial charge on any atom is -0.471 e. The van der Waals surface area contributed by atoms with Crippen LogP contribution < -0.4 is 21.7 Å². The molecule has 74 heavy (non-hydrogen) atoms. The number of halogens is 1. The smallest absolute Gasteiger partial charge is 0.292 e. The maximum Gasteiger partial charge on any atom is 0.292 e. The number of anilines is 1. The number of allylic oxidation sites excluding steroid dienone is 7. The number of nitrogens with one attached hydrogen (secondary N) is 4. The van der Waals surface area contributed by atoms with Crippen LogP contribution in [0.1, 0.15) is 99.6 Å². The molecule has 2 aliphatic heterocycles. The maximum absolute atomic E-state index is 13.0. The van der Waals surface area contributed by atoms with Crippen LogP contribution in [0, 0.1) is 24.2 Å². The summed E-state index contributed by atoms with van der Waals surface area (Å²) in [5, 5.41) is 16.4. The number of likely N-dealkylation sites (tertiary alicyclic amines) is 1. The van der Waals surface area contributed by atoms with Crippen LogP contribution >= 0.6 is 15.9 Å². The van der Waals surface area contributed by atoms with Gasteiger partial charge in [-0.2, -0.15) is 0 Å². The van der Waals surface area contributed by atoms with E-state index in [2.05, 4.69) is 121 Å². The molecule has 3 rings (SSSR count). The second-order valence-electron chi connectivity index (χ2n) is 15.9. The first kappa shape index (κ1) is 80.5. The van der Waals surface area contributed by atoms with Gasteiger partial charge in [-0.25, -0.2) is 0 Å². The number of carbonyl (C=O) groups excluding carboxylic acids is 4. The number of terminal acetylenes is 1. The Hall–Kier alpha value is -4.93. The minimum atomic E-state index is -0.371. The highest BCUT2D eigenvalue weighted by Crippen LogP contribution is 2.32. The lowest BCUT2D eigenvalue weighted by Crippen LogP contribution is -2.37. The average molecular weight is 1110 g/mol. The molecule has 0 bridgehead atoms. The van der Waals surface area contributed by atoms with Crippen molar-refractivity contribution in [1.29, 1.82) is 5.41 Å². The first-order valence-electron chi connectivity index (χ1n) is 25.3. The fourth-order valence-corrected chi connectivity index (χ4v) is 6.03. The number of primary amides is 1. The Morgan fingerprint density at radius 1 is 0.959 bits per heavy atom. The van der Waals surface area contributed by atoms with Crippen molar-refractivity contribution in [3.05, 3.63) is 89.2 Å². The number of methoxy groups -OCH3 is 1. The topological polar surface area (TPSA) is 207 Å². The number of ether oxygens (including phenoxy) is 5. The summed E-state index contributed by atoms with van der Waals surface area (Å²) < 4.78 is 24.9. The van der Waals surface area contributed by atoms with Crippen molar-refractivity contribution < 1.29 is 42.9 Å². The van der Waals surface area contributed by atoms with Gasteiger partial charge in [0.2, 0.25) is 11.8 Å². The monoisotopic (exact) mass is 1110 g/mol. The summed E-state index contributed by atoms with van der Waals surface area (Å²) in [6.45, 7) is 30.4. The highest BCUT2D eigenvalue weighted by Gasteiger charge is 2.35. The normalized spacial score (nSPS) is 14.1. The van der Waals surface area contributed by atoms with Gasteiger partial charge in [0.25, 0.3) is 12.4 Å². The van der Waals surface area contributed by atoms with Gasteiger partial charge >= 0.3 is 0 Å². The van der Waals surface area contributed by atoms with Crippen molar-refractivity contribution in [3.8, 4) is 12.8 Å². The van der Waals surface area contributed by atoms with Crippen molar-refractivity contribution >= 4 is 51.5 Å². The molecule has 1 fully saturated rings. The molecule has 2 aliphatic rings. The van der Waals surface area contributed by atoms with Crippen molar-refractivity contribution in [3.63, 3.8) is 0 Å². The lowest BCUT2D eigenvalue weighted by Gasteiger charge is -2.26. The number of rotatable bonds is 24. The van der Waals surface area contributed by atoms with Crippen molar-refractivity contribution in [2.45, 2.75) is 107 Å². The summed E-state index contributed by atoms with van der Waals surface area (Å²) in [7, 11) is 9.24. The summed E-state index contributed by atoms with van der Waals surface area (Å²) in [4.78, 5) is 47.5. The number of nitrogens with two attached hydrogens (primary N) is 1. The van der Waals surface area contributed by atoms with Crippen LogP contribution in [-0.2, 0) is 55.7 Å². The van der Waals surface area contributed by atoms with Gasteiger partial charge in [-0.3, -0.25) is 19.2 Å². The second-order valence-corrected chi connectivity index (χ2v) is 15.9. The number of carbonyl (C=O) groups is 4. The Labute approximate surface area is 458 Å². The molecule has 16 nitrogen and oxygen atoms in total. The predicted molar refractivity (Wildman–Crippen MR) is 315 cm³/mol. The van der Waals surface area contributed by atoms with Crippen LogP contribution in [0.4, 0.5) is 5.69 Å². The Bertz CT molecular complexity index is 1720. The highest BCUT2D eigenvalue weighted by atomic mass is 79.9. The van der Waals surface area contributed by atoms with E-state index < -0.39 is 0 Å². The van der Waals surface area contributed by atoms with Crippen LogP contribution in [0.3, 0.4) is 0 Å². The second kappa shape index (κ2) is 60.6. The molecule has 0 saturated carbocycles. The third-order valence-corrected chi connectivity index (χ3v) is 9.38. The highest BCUT2D eigenvalue weighted by molar-refractivity contribution is 9.08. The molecule has 2 unspecified atom stereocenters. The number of hydrogen-bond donors (Lipinski definition) is 5. The third kappa shape index (κ3) is 49.3. The molecular weight excluding hydrogens is 1010 g/mol. The van der Waals surface area contributed by atoms with E-state index in [9.17, 15) is 14.4 Å². The van der Waals surface area contributed by atoms with Crippen LogP contribution in [0.5, 0.6) is 0 Å². The lowest BCUT2D eigenvalue weighted by atomic mass is 9.99. The Balaban J connectivity index is -0.000000215. The van der Waals surface area contributed by atoms with Gasteiger partial charge in [0.1, 0.15) is 5.70 Å². The van der Waals surface area contributed by atoms with E-state index in [0.29, 0.717) is 96.0 Å². The largest absolute Gasteiger partial charge is 0.471 e. The van der Waals surface area contributed by atoms with E-state index in [1.807, 2.05) is 89.8 Å². The van der Waals surface area contributed by atoms with Crippen LogP contribution in [-0.4, -0.2) is 159 Å². The third-order valence-electron chi connectivity index (χ3n) is 9.38. The zero-order valence-corrected chi connectivity index (χ0v) is 50.2.